The molecule has 0 aromatic carbocycles. The Kier molecular flexibility index (Phi) is 4.17. The van der Waals surface area contributed by atoms with Gasteiger partial charge in [-0.3, -0.25) is 0 Å². The molecule has 0 spiro atoms. The van der Waals surface area contributed by atoms with E-state index in [-0.39, 0.29) is 18.2 Å². The molecule has 1 rings (SSSR count). The van der Waals surface area contributed by atoms with E-state index in [4.69, 9.17) is 10.5 Å². The molecule has 1 aliphatic heterocycles. The average Bonchev–Trinajstić information content (AvgIpc) is 2.52. The molecule has 15 heavy (non-hydrogen) atoms. The Hall–Kier alpha value is -1.50. The highest BCUT2D eigenvalue weighted by Gasteiger charge is 2.28. The Labute approximate surface area is 87.9 Å². The van der Waals surface area contributed by atoms with Crippen LogP contribution < -0.4 is 16.4 Å². The smallest absolute Gasteiger partial charge is 0.410 e. The van der Waals surface area contributed by atoms with Crippen molar-refractivity contribution >= 4 is 12.1 Å². The molecule has 1 fully saturated rings. The third kappa shape index (κ3) is 3.62. The summed E-state index contributed by atoms with van der Waals surface area (Å²) in [6.45, 7) is 1.63. The Bertz CT molecular complexity index is 246. The van der Waals surface area contributed by atoms with E-state index in [2.05, 4.69) is 10.6 Å². The van der Waals surface area contributed by atoms with E-state index in [0.717, 1.165) is 0 Å². The van der Waals surface area contributed by atoms with Crippen LogP contribution in [-0.4, -0.2) is 56.4 Å². The Morgan fingerprint density at radius 2 is 2.40 bits per heavy atom. The summed E-state index contributed by atoms with van der Waals surface area (Å²) in [7, 11) is 1.65. The lowest BCUT2D eigenvalue weighted by molar-refractivity contribution is 0.133. The quantitative estimate of drug-likeness (QED) is 0.544. The highest BCUT2D eigenvalue weighted by atomic mass is 16.6. The van der Waals surface area contributed by atoms with Crippen molar-refractivity contribution in [3.63, 3.8) is 0 Å². The van der Waals surface area contributed by atoms with Crippen molar-refractivity contribution in [2.24, 2.45) is 5.73 Å². The highest BCUT2D eigenvalue weighted by molar-refractivity contribution is 5.74. The van der Waals surface area contributed by atoms with Gasteiger partial charge in [-0.05, 0) is 0 Å². The fourth-order valence-corrected chi connectivity index (χ4v) is 1.21. The maximum absolute atomic E-state index is 11.1. The number of hydrogen-bond acceptors (Lipinski definition) is 4. The molecule has 0 saturated carbocycles. The van der Waals surface area contributed by atoms with Gasteiger partial charge in [0.05, 0.1) is 13.1 Å². The molecule has 1 heterocycles. The fraction of sp³-hybridized carbons (Fsp3) is 0.750. The van der Waals surface area contributed by atoms with Crippen LogP contribution in [0.3, 0.4) is 0 Å². The van der Waals surface area contributed by atoms with Crippen LogP contribution in [0, 0.1) is 0 Å². The first kappa shape index (κ1) is 11.6. The van der Waals surface area contributed by atoms with Crippen LogP contribution in [0.2, 0.25) is 0 Å². The maximum atomic E-state index is 11.1. The van der Waals surface area contributed by atoms with Crippen LogP contribution in [0.25, 0.3) is 0 Å². The molecule has 1 unspecified atom stereocenters. The number of nitrogens with two attached hydrogens (primary N) is 1. The van der Waals surface area contributed by atoms with Crippen LogP contribution in [0.5, 0.6) is 0 Å². The lowest BCUT2D eigenvalue weighted by Gasteiger charge is -2.10. The molecule has 0 radical (unpaired) electrons. The van der Waals surface area contributed by atoms with E-state index in [1.807, 2.05) is 0 Å². The predicted octanol–water partition coefficient (Wildman–Crippen LogP) is -1.31. The molecular weight excluding hydrogens is 200 g/mol. The van der Waals surface area contributed by atoms with Crippen molar-refractivity contribution < 1.29 is 14.3 Å². The molecular formula is C8H16N4O3. The minimum Gasteiger partial charge on any atom is -0.442 e. The summed E-state index contributed by atoms with van der Waals surface area (Å²) in [5, 5.41) is 5.14. The average molecular weight is 216 g/mol. The van der Waals surface area contributed by atoms with E-state index in [9.17, 15) is 9.59 Å². The second-order valence-electron chi connectivity index (χ2n) is 3.31. The number of hydrogen-bond donors (Lipinski definition) is 3. The molecule has 0 aromatic rings. The normalized spacial score (nSPS) is 20.0. The molecule has 0 aromatic heterocycles. The minimum atomic E-state index is -0.357. The number of nitrogens with one attached hydrogen (secondary N) is 2. The first-order valence-electron chi connectivity index (χ1n) is 4.77. The van der Waals surface area contributed by atoms with Gasteiger partial charge in [-0.1, -0.05) is 0 Å². The van der Waals surface area contributed by atoms with Gasteiger partial charge in [0.25, 0.3) is 0 Å². The van der Waals surface area contributed by atoms with E-state index in [1.54, 1.807) is 7.05 Å². The summed E-state index contributed by atoms with van der Waals surface area (Å²) >= 11 is 0. The molecule has 3 amide bonds. The van der Waals surface area contributed by atoms with Gasteiger partial charge in [-0.15, -0.1) is 0 Å². The van der Waals surface area contributed by atoms with E-state index in [1.165, 1.54) is 4.90 Å². The van der Waals surface area contributed by atoms with Crippen LogP contribution in [0.1, 0.15) is 0 Å². The van der Waals surface area contributed by atoms with Crippen molar-refractivity contribution in [1.82, 2.24) is 15.5 Å². The van der Waals surface area contributed by atoms with Crippen molar-refractivity contribution in [1.29, 1.82) is 0 Å². The third-order valence-corrected chi connectivity index (χ3v) is 1.98. The topological polar surface area (TPSA) is 96.7 Å². The van der Waals surface area contributed by atoms with Gasteiger partial charge in [0.1, 0.15) is 6.10 Å². The maximum Gasteiger partial charge on any atom is 0.410 e. The van der Waals surface area contributed by atoms with Crippen molar-refractivity contribution in [3.8, 4) is 0 Å². The molecule has 1 aliphatic rings. The van der Waals surface area contributed by atoms with Gasteiger partial charge in [-0.2, -0.15) is 0 Å². The summed E-state index contributed by atoms with van der Waals surface area (Å²) in [5.74, 6) is 0. The molecule has 7 nitrogen and oxygen atoms in total. The number of likely N-dealkylation sites (N-methyl/N-ethyl adjacent to an activating group) is 1. The van der Waals surface area contributed by atoms with E-state index >= 15 is 0 Å². The van der Waals surface area contributed by atoms with Gasteiger partial charge >= 0.3 is 12.1 Å². The Morgan fingerprint density at radius 1 is 1.67 bits per heavy atom. The van der Waals surface area contributed by atoms with E-state index in [0.29, 0.717) is 26.2 Å². The predicted molar refractivity (Wildman–Crippen MR) is 53.4 cm³/mol. The number of nitrogens with zero attached hydrogens (tertiary/aromatic N) is 1. The monoisotopic (exact) mass is 216 g/mol. The third-order valence-electron chi connectivity index (χ3n) is 1.98. The summed E-state index contributed by atoms with van der Waals surface area (Å²) in [6, 6.07) is -0.300. The summed E-state index contributed by atoms with van der Waals surface area (Å²) in [6.07, 6.45) is -0.629. The lowest BCUT2D eigenvalue weighted by atomic mass is 10.3. The molecule has 7 heteroatoms. The summed E-state index contributed by atoms with van der Waals surface area (Å²) < 4.78 is 4.95. The number of rotatable bonds is 4. The van der Waals surface area contributed by atoms with Crippen LogP contribution >= 0.6 is 0 Å². The number of carbonyl (C=O) groups is 2. The van der Waals surface area contributed by atoms with Crippen molar-refractivity contribution in [3.05, 3.63) is 0 Å². The van der Waals surface area contributed by atoms with Crippen molar-refractivity contribution in [2.75, 3.05) is 33.2 Å². The highest BCUT2D eigenvalue weighted by Crippen LogP contribution is 2.07. The van der Waals surface area contributed by atoms with Crippen LogP contribution in [0.4, 0.5) is 9.59 Å². The van der Waals surface area contributed by atoms with Gasteiger partial charge in [0.15, 0.2) is 0 Å². The number of urea groups is 1. The van der Waals surface area contributed by atoms with Gasteiger partial charge in [-0.25, -0.2) is 9.59 Å². The summed E-state index contributed by atoms with van der Waals surface area (Å²) in [5.41, 5.74) is 5.21. The SMILES string of the molecule is CN1CC(CNC(=O)NCCN)OC1=O. The fourth-order valence-electron chi connectivity index (χ4n) is 1.21. The Balaban J connectivity index is 2.15. The lowest BCUT2D eigenvalue weighted by Crippen LogP contribution is -2.42. The zero-order valence-corrected chi connectivity index (χ0v) is 8.66. The minimum absolute atomic E-state index is 0.272. The number of carbonyl (C=O) groups excluding carboxylic acids is 2. The van der Waals surface area contributed by atoms with Crippen LogP contribution in [-0.2, 0) is 4.74 Å². The largest absolute Gasteiger partial charge is 0.442 e. The first-order chi connectivity index (χ1) is 7.13. The van der Waals surface area contributed by atoms with Gasteiger partial charge < -0.3 is 26.0 Å². The number of amides is 3. The van der Waals surface area contributed by atoms with Crippen LogP contribution in [0.15, 0.2) is 0 Å². The second kappa shape index (κ2) is 5.40. The summed E-state index contributed by atoms with van der Waals surface area (Å²) in [4.78, 5) is 23.5. The zero-order chi connectivity index (χ0) is 11.3. The molecule has 0 bridgehead atoms. The molecule has 0 aliphatic carbocycles. The standard InChI is InChI=1S/C8H16N4O3/c1-12-5-6(15-8(12)14)4-11-7(13)10-3-2-9/h6H,2-5,9H2,1H3,(H2,10,11,13). The van der Waals surface area contributed by atoms with E-state index < -0.39 is 0 Å². The molecule has 4 N–H and O–H groups in total. The van der Waals surface area contributed by atoms with Gasteiger partial charge in [0, 0.05) is 20.1 Å². The van der Waals surface area contributed by atoms with Gasteiger partial charge in [0.2, 0.25) is 0 Å². The Morgan fingerprint density at radius 3 is 2.93 bits per heavy atom. The number of cyclic esters (lactones) is 1. The second-order valence-corrected chi connectivity index (χ2v) is 3.31. The van der Waals surface area contributed by atoms with Crippen molar-refractivity contribution in [2.45, 2.75) is 6.10 Å². The first-order valence-corrected chi connectivity index (χ1v) is 4.77. The molecule has 1 saturated heterocycles. The number of ether oxygens (including phenoxy) is 1. The molecule has 86 valence electrons. The zero-order valence-electron chi connectivity index (χ0n) is 8.66. The molecule has 1 atom stereocenters.